The number of benzene rings is 2. The number of halogens is 1. The molecule has 0 aliphatic carbocycles. The summed E-state index contributed by atoms with van der Waals surface area (Å²) in [6.45, 7) is 3.98. The van der Waals surface area contributed by atoms with Crippen LogP contribution in [0.2, 0.25) is 0 Å². The van der Waals surface area contributed by atoms with Crippen molar-refractivity contribution in [2.45, 2.75) is 25.5 Å². The Bertz CT molecular complexity index is 659. The van der Waals surface area contributed by atoms with Crippen LogP contribution in [0.5, 0.6) is 5.75 Å². The first kappa shape index (κ1) is 17.5. The summed E-state index contributed by atoms with van der Waals surface area (Å²) in [5.41, 5.74) is 5.88. The Morgan fingerprint density at radius 1 is 1.22 bits per heavy atom. The van der Waals surface area contributed by atoms with Crippen LogP contribution >= 0.6 is 15.9 Å². The van der Waals surface area contributed by atoms with Crippen molar-refractivity contribution in [2.24, 2.45) is 5.73 Å². The van der Waals surface area contributed by atoms with Gasteiger partial charge in [-0.25, -0.2) is 0 Å². The third-order valence-electron chi connectivity index (χ3n) is 3.56. The lowest BCUT2D eigenvalue weighted by Gasteiger charge is -2.25. The van der Waals surface area contributed by atoms with Crippen LogP contribution in [0.3, 0.4) is 0 Å². The zero-order valence-electron chi connectivity index (χ0n) is 13.3. The molecule has 23 heavy (non-hydrogen) atoms. The predicted molar refractivity (Wildman–Crippen MR) is 95.2 cm³/mol. The molecule has 1 amide bonds. The van der Waals surface area contributed by atoms with Crippen molar-refractivity contribution in [3.05, 3.63) is 64.6 Å². The van der Waals surface area contributed by atoms with E-state index in [-0.39, 0.29) is 12.0 Å². The molecule has 2 rings (SSSR count). The van der Waals surface area contributed by atoms with Gasteiger partial charge in [0.1, 0.15) is 17.4 Å². The normalized spacial score (nSPS) is 14.6. The van der Waals surface area contributed by atoms with Gasteiger partial charge in [0.25, 0.3) is 0 Å². The molecule has 0 saturated carbocycles. The van der Waals surface area contributed by atoms with E-state index >= 15 is 0 Å². The van der Waals surface area contributed by atoms with Gasteiger partial charge in [-0.2, -0.15) is 0 Å². The number of carbonyl (C=O) groups excluding carboxylic acids is 1. The molecule has 2 aromatic rings. The fraction of sp³-hybridized carbons (Fsp3) is 0.278. The SMILES string of the molecule is CC(CNC(=O)C(C)(N)c1ccccc1)Oc1ccccc1Br. The van der Waals surface area contributed by atoms with E-state index in [0.29, 0.717) is 6.54 Å². The topological polar surface area (TPSA) is 64.4 Å². The second-order valence-corrected chi connectivity index (χ2v) is 6.49. The van der Waals surface area contributed by atoms with Gasteiger partial charge in [-0.15, -0.1) is 0 Å². The average molecular weight is 377 g/mol. The lowest BCUT2D eigenvalue weighted by molar-refractivity contribution is -0.126. The number of carbonyl (C=O) groups is 1. The molecule has 0 fully saturated rings. The van der Waals surface area contributed by atoms with Gasteiger partial charge in [-0.05, 0) is 47.5 Å². The molecule has 3 N–H and O–H groups in total. The highest BCUT2D eigenvalue weighted by atomic mass is 79.9. The van der Waals surface area contributed by atoms with E-state index in [1.54, 1.807) is 6.92 Å². The number of hydrogen-bond acceptors (Lipinski definition) is 3. The lowest BCUT2D eigenvalue weighted by atomic mass is 9.92. The molecule has 0 aliphatic rings. The van der Waals surface area contributed by atoms with E-state index in [2.05, 4.69) is 21.2 Å². The van der Waals surface area contributed by atoms with Crippen molar-refractivity contribution >= 4 is 21.8 Å². The first-order chi connectivity index (χ1) is 10.9. The van der Waals surface area contributed by atoms with Crippen LogP contribution in [0.25, 0.3) is 0 Å². The maximum absolute atomic E-state index is 12.4. The Balaban J connectivity index is 1.92. The van der Waals surface area contributed by atoms with E-state index < -0.39 is 5.54 Å². The average Bonchev–Trinajstić information content (AvgIpc) is 2.55. The minimum absolute atomic E-state index is 0.177. The lowest BCUT2D eigenvalue weighted by Crippen LogP contribution is -2.50. The highest BCUT2D eigenvalue weighted by Crippen LogP contribution is 2.24. The standard InChI is InChI=1S/C18H21BrN2O2/c1-13(23-16-11-7-6-10-15(16)19)12-21-17(22)18(2,20)14-8-4-3-5-9-14/h3-11,13H,12,20H2,1-2H3,(H,21,22). The van der Waals surface area contributed by atoms with Gasteiger partial charge in [0.2, 0.25) is 5.91 Å². The largest absolute Gasteiger partial charge is 0.488 e. The van der Waals surface area contributed by atoms with Crippen molar-refractivity contribution in [2.75, 3.05) is 6.54 Å². The summed E-state index contributed by atoms with van der Waals surface area (Å²) in [5, 5.41) is 2.86. The molecular formula is C18H21BrN2O2. The third-order valence-corrected chi connectivity index (χ3v) is 4.22. The minimum atomic E-state index is -1.08. The number of hydrogen-bond donors (Lipinski definition) is 2. The van der Waals surface area contributed by atoms with Crippen LogP contribution in [-0.4, -0.2) is 18.6 Å². The molecule has 0 spiro atoms. The van der Waals surface area contributed by atoms with Crippen LogP contribution in [0.15, 0.2) is 59.1 Å². The second-order valence-electron chi connectivity index (χ2n) is 5.64. The number of para-hydroxylation sites is 1. The molecule has 4 nitrogen and oxygen atoms in total. The van der Waals surface area contributed by atoms with Crippen molar-refractivity contribution in [1.29, 1.82) is 0 Å². The van der Waals surface area contributed by atoms with Gasteiger partial charge in [-0.3, -0.25) is 4.79 Å². The van der Waals surface area contributed by atoms with Crippen molar-refractivity contribution < 1.29 is 9.53 Å². The molecule has 5 heteroatoms. The number of amides is 1. The number of rotatable bonds is 6. The van der Waals surface area contributed by atoms with E-state index in [1.165, 1.54) is 0 Å². The first-order valence-corrected chi connectivity index (χ1v) is 8.24. The quantitative estimate of drug-likeness (QED) is 0.813. The maximum Gasteiger partial charge on any atom is 0.244 e. The summed E-state index contributed by atoms with van der Waals surface area (Å²) >= 11 is 3.43. The van der Waals surface area contributed by atoms with Crippen molar-refractivity contribution in [3.8, 4) is 5.75 Å². The summed E-state index contributed by atoms with van der Waals surface area (Å²) in [5.74, 6) is 0.513. The third kappa shape index (κ3) is 4.56. The molecule has 0 radical (unpaired) electrons. The minimum Gasteiger partial charge on any atom is -0.488 e. The van der Waals surface area contributed by atoms with Crippen LogP contribution < -0.4 is 15.8 Å². The van der Waals surface area contributed by atoms with Gasteiger partial charge < -0.3 is 15.8 Å². The molecule has 0 aliphatic heterocycles. The monoisotopic (exact) mass is 376 g/mol. The molecule has 0 saturated heterocycles. The van der Waals surface area contributed by atoms with Gasteiger partial charge in [-0.1, -0.05) is 42.5 Å². The Kier molecular flexibility index (Phi) is 5.80. The summed E-state index contributed by atoms with van der Waals surface area (Å²) in [6.07, 6.45) is -0.177. The van der Waals surface area contributed by atoms with E-state index in [0.717, 1.165) is 15.8 Å². The summed E-state index contributed by atoms with van der Waals surface area (Å²) in [6, 6.07) is 16.9. The Morgan fingerprint density at radius 2 is 1.83 bits per heavy atom. The Hall–Kier alpha value is -1.85. The molecule has 2 atom stereocenters. The zero-order valence-corrected chi connectivity index (χ0v) is 14.8. The predicted octanol–water partition coefficient (Wildman–Crippen LogP) is 3.21. The number of nitrogens with one attached hydrogen (secondary N) is 1. The van der Waals surface area contributed by atoms with Gasteiger partial charge in [0.05, 0.1) is 11.0 Å². The maximum atomic E-state index is 12.4. The number of nitrogens with two attached hydrogens (primary N) is 1. The highest BCUT2D eigenvalue weighted by Gasteiger charge is 2.30. The first-order valence-electron chi connectivity index (χ1n) is 7.45. The van der Waals surface area contributed by atoms with Crippen LogP contribution in [0, 0.1) is 0 Å². The van der Waals surface area contributed by atoms with Gasteiger partial charge in [0, 0.05) is 0 Å². The zero-order chi connectivity index (χ0) is 16.9. The van der Waals surface area contributed by atoms with E-state index in [4.69, 9.17) is 10.5 Å². The molecule has 0 bridgehead atoms. The molecular weight excluding hydrogens is 356 g/mol. The van der Waals surface area contributed by atoms with Crippen molar-refractivity contribution in [1.82, 2.24) is 5.32 Å². The smallest absolute Gasteiger partial charge is 0.244 e. The Labute approximate surface area is 145 Å². The molecule has 2 unspecified atom stereocenters. The molecule has 0 heterocycles. The van der Waals surface area contributed by atoms with E-state index in [9.17, 15) is 4.79 Å². The van der Waals surface area contributed by atoms with Crippen LogP contribution in [0.4, 0.5) is 0 Å². The fourth-order valence-corrected chi connectivity index (χ4v) is 2.51. The summed E-state index contributed by atoms with van der Waals surface area (Å²) in [7, 11) is 0. The molecule has 2 aromatic carbocycles. The van der Waals surface area contributed by atoms with Crippen LogP contribution in [-0.2, 0) is 10.3 Å². The number of ether oxygens (including phenoxy) is 1. The molecule has 122 valence electrons. The van der Waals surface area contributed by atoms with Crippen molar-refractivity contribution in [3.63, 3.8) is 0 Å². The van der Waals surface area contributed by atoms with E-state index in [1.807, 2.05) is 61.5 Å². The molecule has 0 aromatic heterocycles. The Morgan fingerprint density at radius 3 is 2.48 bits per heavy atom. The van der Waals surface area contributed by atoms with Gasteiger partial charge >= 0.3 is 0 Å². The second kappa shape index (κ2) is 7.62. The highest BCUT2D eigenvalue weighted by molar-refractivity contribution is 9.10. The van der Waals surface area contributed by atoms with Gasteiger partial charge in [0.15, 0.2) is 0 Å². The summed E-state index contributed by atoms with van der Waals surface area (Å²) < 4.78 is 6.69. The van der Waals surface area contributed by atoms with Crippen LogP contribution in [0.1, 0.15) is 19.4 Å². The fourth-order valence-electron chi connectivity index (χ4n) is 2.13. The summed E-state index contributed by atoms with van der Waals surface area (Å²) in [4.78, 5) is 12.4.